The van der Waals surface area contributed by atoms with Gasteiger partial charge in [-0.2, -0.15) is 0 Å². The first-order valence-corrected chi connectivity index (χ1v) is 9.20. The first kappa shape index (κ1) is 22.3. The second-order valence-corrected chi connectivity index (χ2v) is 5.75. The van der Waals surface area contributed by atoms with Crippen molar-refractivity contribution in [1.82, 2.24) is 25.4 Å². The molecular formula is C17H34N6O3. The number of methoxy groups -OCH3 is 1. The molecule has 0 aliphatic heterocycles. The monoisotopic (exact) mass is 370 g/mol. The van der Waals surface area contributed by atoms with Crippen LogP contribution in [0.25, 0.3) is 0 Å². The van der Waals surface area contributed by atoms with Gasteiger partial charge in [-0.3, -0.25) is 0 Å². The van der Waals surface area contributed by atoms with Gasteiger partial charge in [-0.25, -0.2) is 4.99 Å². The van der Waals surface area contributed by atoms with E-state index in [1.807, 2.05) is 25.5 Å². The molecule has 0 aliphatic rings. The Hall–Kier alpha value is -1.71. The molecule has 1 rings (SSSR count). The first-order valence-electron chi connectivity index (χ1n) is 9.20. The molecule has 0 bridgehead atoms. The number of guanidine groups is 1. The summed E-state index contributed by atoms with van der Waals surface area (Å²) in [5.74, 6) is 2.47. The number of aromatic nitrogens is 3. The van der Waals surface area contributed by atoms with Gasteiger partial charge in [0.2, 0.25) is 0 Å². The smallest absolute Gasteiger partial charge is 0.191 e. The van der Waals surface area contributed by atoms with Gasteiger partial charge in [-0.15, -0.1) is 10.2 Å². The van der Waals surface area contributed by atoms with Gasteiger partial charge in [0.05, 0.1) is 13.2 Å². The number of ether oxygens (including phenoxy) is 3. The summed E-state index contributed by atoms with van der Waals surface area (Å²) in [7, 11) is 3.61. The average Bonchev–Trinajstić information content (AvgIpc) is 2.96. The van der Waals surface area contributed by atoms with E-state index in [1.54, 1.807) is 7.11 Å². The summed E-state index contributed by atoms with van der Waals surface area (Å²) < 4.78 is 17.7. The Morgan fingerprint density at radius 1 is 1.04 bits per heavy atom. The van der Waals surface area contributed by atoms with Gasteiger partial charge in [-0.05, 0) is 26.7 Å². The highest BCUT2D eigenvalue weighted by molar-refractivity contribution is 5.79. The first-order chi connectivity index (χ1) is 12.7. The third-order valence-electron chi connectivity index (χ3n) is 3.71. The summed E-state index contributed by atoms with van der Waals surface area (Å²) in [6.45, 7) is 9.40. The van der Waals surface area contributed by atoms with E-state index in [2.05, 4.69) is 25.8 Å². The van der Waals surface area contributed by atoms with Crippen molar-refractivity contribution in [2.24, 2.45) is 12.0 Å². The molecule has 26 heavy (non-hydrogen) atoms. The van der Waals surface area contributed by atoms with Crippen LogP contribution in [0.3, 0.4) is 0 Å². The number of nitrogens with zero attached hydrogens (tertiary/aromatic N) is 4. The van der Waals surface area contributed by atoms with E-state index in [0.717, 1.165) is 56.8 Å². The minimum Gasteiger partial charge on any atom is -0.382 e. The number of aryl methyl sites for hydroxylation is 1. The van der Waals surface area contributed by atoms with Crippen LogP contribution in [0.4, 0.5) is 0 Å². The zero-order valence-electron chi connectivity index (χ0n) is 16.6. The maximum Gasteiger partial charge on any atom is 0.191 e. The molecule has 1 aromatic rings. The number of rotatable bonds is 14. The van der Waals surface area contributed by atoms with Crippen molar-refractivity contribution >= 4 is 5.96 Å². The summed E-state index contributed by atoms with van der Waals surface area (Å²) in [4.78, 5) is 4.60. The molecule has 0 amide bonds. The van der Waals surface area contributed by atoms with Crippen LogP contribution in [0.5, 0.6) is 0 Å². The Kier molecular flexibility index (Phi) is 12.4. The lowest BCUT2D eigenvalue weighted by Crippen LogP contribution is -2.39. The Morgan fingerprint density at radius 2 is 1.73 bits per heavy atom. The van der Waals surface area contributed by atoms with Crippen molar-refractivity contribution in [1.29, 1.82) is 0 Å². The fourth-order valence-corrected chi connectivity index (χ4v) is 2.06. The van der Waals surface area contributed by atoms with Crippen molar-refractivity contribution in [3.63, 3.8) is 0 Å². The predicted molar refractivity (Wildman–Crippen MR) is 101 cm³/mol. The van der Waals surface area contributed by atoms with Gasteiger partial charge in [0.1, 0.15) is 12.4 Å². The van der Waals surface area contributed by atoms with E-state index >= 15 is 0 Å². The molecule has 0 saturated heterocycles. The number of nitrogens with one attached hydrogen (secondary N) is 2. The van der Waals surface area contributed by atoms with E-state index in [1.165, 1.54) is 0 Å². The number of hydrogen-bond donors (Lipinski definition) is 2. The van der Waals surface area contributed by atoms with Crippen molar-refractivity contribution in [3.05, 3.63) is 11.6 Å². The third kappa shape index (κ3) is 9.69. The van der Waals surface area contributed by atoms with E-state index < -0.39 is 0 Å². The predicted octanol–water partition coefficient (Wildman–Crippen LogP) is 0.638. The van der Waals surface area contributed by atoms with Crippen LogP contribution >= 0.6 is 0 Å². The fourth-order valence-electron chi connectivity index (χ4n) is 2.06. The summed E-state index contributed by atoms with van der Waals surface area (Å²) in [6.07, 6.45) is 1.82. The van der Waals surface area contributed by atoms with Crippen LogP contribution in [0, 0.1) is 6.92 Å². The lowest BCUT2D eigenvalue weighted by molar-refractivity contribution is 0.0698. The van der Waals surface area contributed by atoms with Crippen LogP contribution < -0.4 is 10.6 Å². The minimum absolute atomic E-state index is 0.475. The van der Waals surface area contributed by atoms with Gasteiger partial charge >= 0.3 is 0 Å². The molecule has 2 N–H and O–H groups in total. The molecule has 0 unspecified atom stereocenters. The van der Waals surface area contributed by atoms with E-state index in [-0.39, 0.29) is 0 Å². The molecule has 0 radical (unpaired) electrons. The maximum absolute atomic E-state index is 5.47. The van der Waals surface area contributed by atoms with E-state index in [0.29, 0.717) is 26.4 Å². The molecule has 0 fully saturated rings. The van der Waals surface area contributed by atoms with E-state index in [4.69, 9.17) is 14.2 Å². The molecular weight excluding hydrogens is 336 g/mol. The van der Waals surface area contributed by atoms with Gasteiger partial charge in [0, 0.05) is 47.1 Å². The second-order valence-electron chi connectivity index (χ2n) is 5.75. The molecule has 0 saturated carbocycles. The Morgan fingerprint density at radius 3 is 2.31 bits per heavy atom. The van der Waals surface area contributed by atoms with Crippen LogP contribution in [-0.2, 0) is 27.8 Å². The Bertz CT molecular complexity index is 507. The lowest BCUT2D eigenvalue weighted by atomic mass is 10.4. The molecule has 150 valence electrons. The average molecular weight is 370 g/mol. The standard InChI is InChI=1S/C17H34N6O3/c1-5-25-10-6-8-18-17(19-9-7-11-26-13-12-24-4)20-14-16-22-21-15(2)23(16)3/h5-14H2,1-4H3,(H2,18,19,20). The highest BCUT2D eigenvalue weighted by Crippen LogP contribution is 1.99. The summed E-state index contributed by atoms with van der Waals surface area (Å²) in [5.41, 5.74) is 0. The molecule has 0 atom stereocenters. The second kappa shape index (κ2) is 14.5. The maximum atomic E-state index is 5.47. The van der Waals surface area contributed by atoms with Crippen molar-refractivity contribution in [2.75, 3.05) is 53.2 Å². The van der Waals surface area contributed by atoms with Crippen LogP contribution in [0.15, 0.2) is 4.99 Å². The number of aliphatic imine (C=N–C) groups is 1. The molecule has 9 nitrogen and oxygen atoms in total. The number of hydrogen-bond acceptors (Lipinski definition) is 6. The summed E-state index contributed by atoms with van der Waals surface area (Å²) in [6, 6.07) is 0. The Balaban J connectivity index is 2.39. The van der Waals surface area contributed by atoms with Gasteiger partial charge in [-0.1, -0.05) is 0 Å². The van der Waals surface area contributed by atoms with Gasteiger partial charge in [0.15, 0.2) is 11.8 Å². The SMILES string of the molecule is CCOCCCNC(=NCc1nnc(C)n1C)NCCCOCCOC. The summed E-state index contributed by atoms with van der Waals surface area (Å²) in [5, 5.41) is 14.9. The van der Waals surface area contributed by atoms with E-state index in [9.17, 15) is 0 Å². The van der Waals surface area contributed by atoms with Crippen LogP contribution in [-0.4, -0.2) is 74.0 Å². The third-order valence-corrected chi connectivity index (χ3v) is 3.71. The van der Waals surface area contributed by atoms with Crippen LogP contribution in [0.1, 0.15) is 31.4 Å². The largest absolute Gasteiger partial charge is 0.382 e. The zero-order valence-corrected chi connectivity index (χ0v) is 16.6. The fraction of sp³-hybridized carbons (Fsp3) is 0.824. The van der Waals surface area contributed by atoms with Gasteiger partial charge in [0.25, 0.3) is 0 Å². The Labute approximate surface area is 156 Å². The topological polar surface area (TPSA) is 94.8 Å². The summed E-state index contributed by atoms with van der Waals surface area (Å²) >= 11 is 0. The molecule has 0 aromatic carbocycles. The normalized spacial score (nSPS) is 11.8. The highest BCUT2D eigenvalue weighted by atomic mass is 16.5. The zero-order chi connectivity index (χ0) is 19.0. The quantitative estimate of drug-likeness (QED) is 0.282. The lowest BCUT2D eigenvalue weighted by Gasteiger charge is -2.13. The van der Waals surface area contributed by atoms with Crippen molar-refractivity contribution < 1.29 is 14.2 Å². The minimum atomic E-state index is 0.475. The molecule has 0 aliphatic carbocycles. The van der Waals surface area contributed by atoms with Gasteiger partial charge < -0.3 is 29.4 Å². The molecule has 9 heteroatoms. The molecule has 1 aromatic heterocycles. The highest BCUT2D eigenvalue weighted by Gasteiger charge is 2.05. The molecule has 1 heterocycles. The van der Waals surface area contributed by atoms with Crippen LogP contribution in [0.2, 0.25) is 0 Å². The van der Waals surface area contributed by atoms with Crippen molar-refractivity contribution in [3.8, 4) is 0 Å². The van der Waals surface area contributed by atoms with Crippen molar-refractivity contribution in [2.45, 2.75) is 33.2 Å². The molecule has 0 spiro atoms.